The predicted molar refractivity (Wildman–Crippen MR) is 85.1 cm³/mol. The molecule has 20 heavy (non-hydrogen) atoms. The Morgan fingerprint density at radius 2 is 1.80 bits per heavy atom. The zero-order valence-corrected chi connectivity index (χ0v) is 12.0. The van der Waals surface area contributed by atoms with Gasteiger partial charge in [0.15, 0.2) is 0 Å². The number of hydrogen-bond donors (Lipinski definition) is 1. The molecule has 0 amide bonds. The molecule has 1 atom stereocenters. The van der Waals surface area contributed by atoms with Gasteiger partial charge < -0.3 is 10.1 Å². The van der Waals surface area contributed by atoms with E-state index in [1.165, 1.54) is 0 Å². The third kappa shape index (κ3) is 4.56. The van der Waals surface area contributed by atoms with Crippen LogP contribution in [0.5, 0.6) is 11.5 Å². The van der Waals surface area contributed by atoms with E-state index in [0.29, 0.717) is 6.04 Å². The SMILES string of the molecule is CCNC(C)/C=C/c1cccc(Oc2ccccc2)c1. The van der Waals surface area contributed by atoms with Crippen molar-refractivity contribution in [3.63, 3.8) is 0 Å². The van der Waals surface area contributed by atoms with E-state index in [9.17, 15) is 0 Å². The molecule has 0 saturated heterocycles. The molecule has 0 spiro atoms. The summed E-state index contributed by atoms with van der Waals surface area (Å²) in [5.74, 6) is 1.71. The predicted octanol–water partition coefficient (Wildman–Crippen LogP) is 4.49. The largest absolute Gasteiger partial charge is 0.457 e. The first-order valence-electron chi connectivity index (χ1n) is 7.02. The summed E-state index contributed by atoms with van der Waals surface area (Å²) in [7, 11) is 0. The van der Waals surface area contributed by atoms with Gasteiger partial charge >= 0.3 is 0 Å². The molecule has 1 N–H and O–H groups in total. The van der Waals surface area contributed by atoms with Crippen LogP contribution in [-0.4, -0.2) is 12.6 Å². The lowest BCUT2D eigenvalue weighted by Gasteiger charge is -2.07. The molecule has 0 fully saturated rings. The van der Waals surface area contributed by atoms with Crippen LogP contribution in [0.3, 0.4) is 0 Å². The van der Waals surface area contributed by atoms with E-state index in [4.69, 9.17) is 4.74 Å². The molecule has 2 aromatic rings. The van der Waals surface area contributed by atoms with Crippen molar-refractivity contribution in [1.29, 1.82) is 0 Å². The summed E-state index contributed by atoms with van der Waals surface area (Å²) in [6.07, 6.45) is 4.27. The van der Waals surface area contributed by atoms with Crippen LogP contribution in [0.1, 0.15) is 19.4 Å². The van der Waals surface area contributed by atoms with Gasteiger partial charge in [-0.25, -0.2) is 0 Å². The van der Waals surface area contributed by atoms with Crippen LogP contribution in [0.25, 0.3) is 6.08 Å². The Morgan fingerprint density at radius 3 is 2.55 bits per heavy atom. The van der Waals surface area contributed by atoms with E-state index in [-0.39, 0.29) is 0 Å². The highest BCUT2D eigenvalue weighted by Gasteiger charge is 1.98. The summed E-state index contributed by atoms with van der Waals surface area (Å²) in [5.41, 5.74) is 1.14. The van der Waals surface area contributed by atoms with E-state index in [2.05, 4.69) is 37.4 Å². The van der Waals surface area contributed by atoms with Gasteiger partial charge in [-0.15, -0.1) is 0 Å². The average molecular weight is 267 g/mol. The summed E-state index contributed by atoms with van der Waals surface area (Å²) in [6.45, 7) is 5.23. The summed E-state index contributed by atoms with van der Waals surface area (Å²) in [5, 5.41) is 3.35. The van der Waals surface area contributed by atoms with Crippen molar-refractivity contribution < 1.29 is 4.74 Å². The molecule has 0 aliphatic rings. The van der Waals surface area contributed by atoms with E-state index in [0.717, 1.165) is 23.6 Å². The summed E-state index contributed by atoms with van der Waals surface area (Å²) in [4.78, 5) is 0. The third-order valence-corrected chi connectivity index (χ3v) is 2.94. The van der Waals surface area contributed by atoms with Crippen molar-refractivity contribution in [2.75, 3.05) is 6.54 Å². The van der Waals surface area contributed by atoms with E-state index in [1.807, 2.05) is 48.5 Å². The maximum Gasteiger partial charge on any atom is 0.128 e. The van der Waals surface area contributed by atoms with Crippen LogP contribution in [0.15, 0.2) is 60.7 Å². The van der Waals surface area contributed by atoms with Gasteiger partial charge in [0.25, 0.3) is 0 Å². The van der Waals surface area contributed by atoms with E-state index < -0.39 is 0 Å². The van der Waals surface area contributed by atoms with Gasteiger partial charge in [-0.2, -0.15) is 0 Å². The first kappa shape index (κ1) is 14.4. The minimum atomic E-state index is 0.374. The zero-order valence-electron chi connectivity index (χ0n) is 12.0. The van der Waals surface area contributed by atoms with Crippen molar-refractivity contribution in [1.82, 2.24) is 5.32 Å². The number of ether oxygens (including phenoxy) is 1. The van der Waals surface area contributed by atoms with Gasteiger partial charge in [0.05, 0.1) is 0 Å². The molecule has 2 nitrogen and oxygen atoms in total. The molecular weight excluding hydrogens is 246 g/mol. The Morgan fingerprint density at radius 1 is 1.05 bits per heavy atom. The number of hydrogen-bond acceptors (Lipinski definition) is 2. The van der Waals surface area contributed by atoms with Crippen LogP contribution in [0.2, 0.25) is 0 Å². The van der Waals surface area contributed by atoms with Gasteiger partial charge in [0.1, 0.15) is 11.5 Å². The topological polar surface area (TPSA) is 21.3 Å². The van der Waals surface area contributed by atoms with E-state index >= 15 is 0 Å². The molecule has 2 rings (SSSR count). The molecule has 104 valence electrons. The zero-order chi connectivity index (χ0) is 14.2. The summed E-state index contributed by atoms with van der Waals surface area (Å²) in [6, 6.07) is 18.3. The molecule has 0 bridgehead atoms. The fourth-order valence-corrected chi connectivity index (χ4v) is 1.95. The second kappa shape index (κ2) is 7.51. The minimum Gasteiger partial charge on any atom is -0.457 e. The highest BCUT2D eigenvalue weighted by molar-refractivity contribution is 5.52. The number of likely N-dealkylation sites (N-methyl/N-ethyl adjacent to an activating group) is 1. The van der Waals surface area contributed by atoms with Gasteiger partial charge in [0.2, 0.25) is 0 Å². The lowest BCUT2D eigenvalue weighted by atomic mass is 10.1. The Hall–Kier alpha value is -2.06. The molecule has 0 aliphatic heterocycles. The van der Waals surface area contributed by atoms with E-state index in [1.54, 1.807) is 0 Å². The third-order valence-electron chi connectivity index (χ3n) is 2.94. The number of benzene rings is 2. The first-order chi connectivity index (χ1) is 9.78. The van der Waals surface area contributed by atoms with Gasteiger partial charge in [0, 0.05) is 6.04 Å². The average Bonchev–Trinajstić information content (AvgIpc) is 2.47. The smallest absolute Gasteiger partial charge is 0.128 e. The number of para-hydroxylation sites is 1. The molecule has 0 radical (unpaired) electrons. The van der Waals surface area contributed by atoms with Gasteiger partial charge in [-0.1, -0.05) is 49.4 Å². The van der Waals surface area contributed by atoms with Crippen LogP contribution in [0.4, 0.5) is 0 Å². The number of rotatable bonds is 6. The lowest BCUT2D eigenvalue weighted by molar-refractivity contribution is 0.482. The first-order valence-corrected chi connectivity index (χ1v) is 7.02. The second-order valence-corrected chi connectivity index (χ2v) is 4.69. The molecule has 0 aromatic heterocycles. The molecular formula is C18H21NO. The molecule has 1 unspecified atom stereocenters. The van der Waals surface area contributed by atoms with Crippen molar-refractivity contribution >= 4 is 6.08 Å². The van der Waals surface area contributed by atoms with Crippen molar-refractivity contribution in [3.8, 4) is 11.5 Å². The standard InChI is InChI=1S/C18H21NO/c1-3-19-15(2)12-13-16-8-7-11-18(14-16)20-17-9-5-4-6-10-17/h4-15,19H,3H2,1-2H3/b13-12+. The van der Waals surface area contributed by atoms with Crippen LogP contribution >= 0.6 is 0 Å². The summed E-state index contributed by atoms with van der Waals surface area (Å²) >= 11 is 0. The quantitative estimate of drug-likeness (QED) is 0.832. The fraction of sp³-hybridized carbons (Fsp3) is 0.222. The monoisotopic (exact) mass is 267 g/mol. The van der Waals surface area contributed by atoms with Crippen LogP contribution in [-0.2, 0) is 0 Å². The van der Waals surface area contributed by atoms with Gasteiger partial charge in [-0.05, 0) is 43.3 Å². The second-order valence-electron chi connectivity index (χ2n) is 4.69. The fourth-order valence-electron chi connectivity index (χ4n) is 1.95. The summed E-state index contributed by atoms with van der Waals surface area (Å²) < 4.78 is 5.82. The molecule has 2 aromatic carbocycles. The van der Waals surface area contributed by atoms with Crippen molar-refractivity contribution in [3.05, 3.63) is 66.2 Å². The minimum absolute atomic E-state index is 0.374. The highest BCUT2D eigenvalue weighted by atomic mass is 16.5. The maximum atomic E-state index is 5.82. The lowest BCUT2D eigenvalue weighted by Crippen LogP contribution is -2.22. The normalized spacial score (nSPS) is 12.5. The highest BCUT2D eigenvalue weighted by Crippen LogP contribution is 2.22. The van der Waals surface area contributed by atoms with Crippen LogP contribution in [0, 0.1) is 0 Å². The Bertz CT molecular complexity index is 548. The molecule has 0 aliphatic carbocycles. The Kier molecular flexibility index (Phi) is 5.39. The van der Waals surface area contributed by atoms with Crippen LogP contribution < -0.4 is 10.1 Å². The Balaban J connectivity index is 2.04. The van der Waals surface area contributed by atoms with Gasteiger partial charge in [-0.3, -0.25) is 0 Å². The number of nitrogens with one attached hydrogen (secondary N) is 1. The maximum absolute atomic E-state index is 5.82. The van der Waals surface area contributed by atoms with Crippen molar-refractivity contribution in [2.24, 2.45) is 0 Å². The molecule has 0 heterocycles. The molecule has 2 heteroatoms. The Labute approximate surface area is 121 Å². The molecule has 0 saturated carbocycles. The van der Waals surface area contributed by atoms with Crippen molar-refractivity contribution in [2.45, 2.75) is 19.9 Å².